The van der Waals surface area contributed by atoms with Crippen molar-refractivity contribution in [3.8, 4) is 50.2 Å². The molecule has 0 unspecified atom stereocenters. The fourth-order valence-electron chi connectivity index (χ4n) is 8.95. The number of rotatable bonds is 8. The third kappa shape index (κ3) is 6.32. The van der Waals surface area contributed by atoms with E-state index in [-0.39, 0.29) is 0 Å². The van der Waals surface area contributed by atoms with E-state index < -0.39 is 0 Å². The molecule has 0 saturated heterocycles. The van der Waals surface area contributed by atoms with Gasteiger partial charge in [0.2, 0.25) is 0 Å². The van der Waals surface area contributed by atoms with E-state index in [0.29, 0.717) is 0 Å². The molecule has 0 aliphatic rings. The van der Waals surface area contributed by atoms with Crippen LogP contribution in [0.4, 0.5) is 17.1 Å². The van der Waals surface area contributed by atoms with E-state index in [1.807, 2.05) is 0 Å². The maximum atomic E-state index is 2.43. The van der Waals surface area contributed by atoms with Crippen LogP contribution in [0.1, 0.15) is 0 Å². The molecule has 2 nitrogen and oxygen atoms in total. The zero-order valence-electron chi connectivity index (χ0n) is 33.0. The van der Waals surface area contributed by atoms with E-state index in [1.54, 1.807) is 0 Å². The molecule has 0 N–H and O–H groups in total. The molecule has 0 saturated carbocycles. The van der Waals surface area contributed by atoms with Gasteiger partial charge < -0.3 is 9.47 Å². The Hall–Kier alpha value is -7.94. The lowest BCUT2D eigenvalue weighted by molar-refractivity contribution is 1.18. The van der Waals surface area contributed by atoms with Gasteiger partial charge in [0.1, 0.15) is 0 Å². The summed E-state index contributed by atoms with van der Waals surface area (Å²) in [4.78, 5) is 2.39. The first-order valence-electron chi connectivity index (χ1n) is 20.6. The van der Waals surface area contributed by atoms with E-state index in [9.17, 15) is 0 Å². The zero-order valence-corrected chi connectivity index (χ0v) is 33.0. The standard InChI is InChI=1S/C58H40N2/c1-4-18-42(19-5-1)51-27-12-13-28-52(51)45-23-16-26-48(38-45)60-57-30-15-14-29-54(57)55-36-34-50(40-58(55)60)59(47-24-8-3-9-25-47)49-33-35-53(56(39-49)43-20-6-2-7-21-43)46-32-31-41-17-10-11-22-44(41)37-46/h1-40H. The van der Waals surface area contributed by atoms with Crippen molar-refractivity contribution in [3.05, 3.63) is 243 Å². The highest BCUT2D eigenvalue weighted by molar-refractivity contribution is 6.10. The van der Waals surface area contributed by atoms with Crippen LogP contribution in [0.15, 0.2) is 243 Å². The summed E-state index contributed by atoms with van der Waals surface area (Å²) < 4.78 is 2.43. The van der Waals surface area contributed by atoms with Gasteiger partial charge in [-0.1, -0.05) is 182 Å². The lowest BCUT2D eigenvalue weighted by atomic mass is 9.92. The highest BCUT2D eigenvalue weighted by atomic mass is 15.1. The van der Waals surface area contributed by atoms with Crippen molar-refractivity contribution in [1.82, 2.24) is 4.57 Å². The van der Waals surface area contributed by atoms with Gasteiger partial charge in [-0.05, 0) is 116 Å². The summed E-state index contributed by atoms with van der Waals surface area (Å²) in [6.45, 7) is 0. The molecule has 0 bridgehead atoms. The molecule has 1 heterocycles. The summed E-state index contributed by atoms with van der Waals surface area (Å²) in [6, 6.07) is 87.9. The highest BCUT2D eigenvalue weighted by Crippen LogP contribution is 2.43. The van der Waals surface area contributed by atoms with E-state index in [2.05, 4.69) is 252 Å². The Morgan fingerprint density at radius 2 is 0.817 bits per heavy atom. The summed E-state index contributed by atoms with van der Waals surface area (Å²) in [5.41, 5.74) is 16.3. The van der Waals surface area contributed by atoms with Crippen LogP contribution in [0.3, 0.4) is 0 Å². The van der Waals surface area contributed by atoms with Gasteiger partial charge in [0.25, 0.3) is 0 Å². The van der Waals surface area contributed by atoms with Gasteiger partial charge in [-0.2, -0.15) is 0 Å². The van der Waals surface area contributed by atoms with Crippen LogP contribution in [-0.2, 0) is 0 Å². The van der Waals surface area contributed by atoms with Crippen molar-refractivity contribution in [2.45, 2.75) is 0 Å². The van der Waals surface area contributed by atoms with Gasteiger partial charge in [0, 0.05) is 33.5 Å². The summed E-state index contributed by atoms with van der Waals surface area (Å²) >= 11 is 0. The van der Waals surface area contributed by atoms with Crippen LogP contribution in [0.25, 0.3) is 82.8 Å². The number of benzene rings is 10. The number of nitrogens with zero attached hydrogens (tertiary/aromatic N) is 2. The number of fused-ring (bicyclic) bond motifs is 4. The monoisotopic (exact) mass is 764 g/mol. The number of para-hydroxylation sites is 2. The molecule has 0 amide bonds. The molecule has 0 fully saturated rings. The molecule has 11 aromatic rings. The minimum Gasteiger partial charge on any atom is -0.310 e. The molecule has 0 aliphatic heterocycles. The maximum absolute atomic E-state index is 2.43. The summed E-state index contributed by atoms with van der Waals surface area (Å²) in [7, 11) is 0. The summed E-state index contributed by atoms with van der Waals surface area (Å²) in [5.74, 6) is 0. The first-order valence-corrected chi connectivity index (χ1v) is 20.6. The van der Waals surface area contributed by atoms with Gasteiger partial charge in [-0.15, -0.1) is 0 Å². The number of aromatic nitrogens is 1. The molecule has 0 aliphatic carbocycles. The predicted molar refractivity (Wildman–Crippen MR) is 255 cm³/mol. The van der Waals surface area contributed by atoms with E-state index in [1.165, 1.54) is 71.6 Å². The molecule has 60 heavy (non-hydrogen) atoms. The number of anilines is 3. The third-order valence-electron chi connectivity index (χ3n) is 11.8. The SMILES string of the molecule is c1ccc(-c2ccccc2-c2cccc(-n3c4ccccc4c4ccc(N(c5ccccc5)c5ccc(-c6ccc7ccccc7c6)c(-c6ccccc6)c5)cc43)c2)cc1. The molecule has 1 aromatic heterocycles. The Morgan fingerprint density at radius 1 is 0.267 bits per heavy atom. The quantitative estimate of drug-likeness (QED) is 0.150. The second kappa shape index (κ2) is 15.1. The first-order chi connectivity index (χ1) is 29.8. The predicted octanol–water partition coefficient (Wildman–Crippen LogP) is 16.1. The summed E-state index contributed by atoms with van der Waals surface area (Å²) in [6.07, 6.45) is 0. The number of hydrogen-bond acceptors (Lipinski definition) is 1. The lowest BCUT2D eigenvalue weighted by Crippen LogP contribution is -2.10. The molecule has 282 valence electrons. The van der Waals surface area contributed by atoms with Crippen LogP contribution in [0, 0.1) is 0 Å². The smallest absolute Gasteiger partial charge is 0.0561 e. The van der Waals surface area contributed by atoms with Crippen LogP contribution in [0.5, 0.6) is 0 Å². The van der Waals surface area contributed by atoms with E-state index in [4.69, 9.17) is 0 Å². The van der Waals surface area contributed by atoms with E-state index >= 15 is 0 Å². The minimum absolute atomic E-state index is 1.08. The molecular weight excluding hydrogens is 725 g/mol. The van der Waals surface area contributed by atoms with Crippen molar-refractivity contribution in [2.75, 3.05) is 4.90 Å². The first kappa shape index (κ1) is 35.2. The van der Waals surface area contributed by atoms with Crippen LogP contribution in [0.2, 0.25) is 0 Å². The maximum Gasteiger partial charge on any atom is 0.0561 e. The van der Waals surface area contributed by atoms with Gasteiger partial charge in [0.05, 0.1) is 11.0 Å². The Labute approximate surface area is 350 Å². The minimum atomic E-state index is 1.08. The highest BCUT2D eigenvalue weighted by Gasteiger charge is 2.20. The second-order valence-electron chi connectivity index (χ2n) is 15.3. The van der Waals surface area contributed by atoms with Crippen LogP contribution in [-0.4, -0.2) is 4.57 Å². The Bertz CT molecular complexity index is 3310. The van der Waals surface area contributed by atoms with Gasteiger partial charge in [0.15, 0.2) is 0 Å². The zero-order chi connectivity index (χ0) is 39.8. The van der Waals surface area contributed by atoms with Gasteiger partial charge >= 0.3 is 0 Å². The molecule has 0 spiro atoms. The Morgan fingerprint density at radius 3 is 1.60 bits per heavy atom. The van der Waals surface area contributed by atoms with Gasteiger partial charge in [-0.25, -0.2) is 0 Å². The molecule has 11 rings (SSSR count). The van der Waals surface area contributed by atoms with Crippen molar-refractivity contribution < 1.29 is 0 Å². The number of hydrogen-bond donors (Lipinski definition) is 0. The average Bonchev–Trinajstić information content (AvgIpc) is 3.66. The second-order valence-corrected chi connectivity index (χ2v) is 15.3. The third-order valence-corrected chi connectivity index (χ3v) is 11.8. The summed E-state index contributed by atoms with van der Waals surface area (Å²) in [5, 5.41) is 4.92. The Balaban J connectivity index is 1.09. The van der Waals surface area contributed by atoms with Crippen molar-refractivity contribution in [1.29, 1.82) is 0 Å². The van der Waals surface area contributed by atoms with Crippen LogP contribution < -0.4 is 4.90 Å². The lowest BCUT2D eigenvalue weighted by Gasteiger charge is -2.27. The van der Waals surface area contributed by atoms with Crippen LogP contribution >= 0.6 is 0 Å². The average molecular weight is 765 g/mol. The topological polar surface area (TPSA) is 8.17 Å². The fourth-order valence-corrected chi connectivity index (χ4v) is 8.95. The fraction of sp³-hybridized carbons (Fsp3) is 0. The molecular formula is C58H40N2. The molecule has 0 atom stereocenters. The largest absolute Gasteiger partial charge is 0.310 e. The normalized spacial score (nSPS) is 11.3. The Kier molecular flexibility index (Phi) is 8.87. The molecule has 10 aromatic carbocycles. The molecule has 2 heteroatoms. The van der Waals surface area contributed by atoms with Crippen molar-refractivity contribution >= 4 is 49.6 Å². The molecule has 0 radical (unpaired) electrons. The van der Waals surface area contributed by atoms with E-state index in [0.717, 1.165) is 28.3 Å². The van der Waals surface area contributed by atoms with Crippen molar-refractivity contribution in [2.24, 2.45) is 0 Å². The van der Waals surface area contributed by atoms with Crippen molar-refractivity contribution in [3.63, 3.8) is 0 Å². The van der Waals surface area contributed by atoms with Gasteiger partial charge in [-0.3, -0.25) is 0 Å².